The van der Waals surface area contributed by atoms with Crippen LogP contribution in [0.15, 0.2) is 36.5 Å². The molecule has 0 aliphatic carbocycles. The van der Waals surface area contributed by atoms with E-state index in [-0.39, 0.29) is 5.65 Å². The standard InChI is InChI=1S/C12H7F3N2/c13-7-5-9-8-3-1-2-4-10(8)17(12(14)15)11(9)16-6-7/h1-6,12H. The normalized spacial score (nSPS) is 11.8. The maximum atomic E-state index is 13.1. The molecule has 2 heterocycles. The molecule has 0 spiro atoms. The molecule has 0 radical (unpaired) electrons. The molecular weight excluding hydrogens is 229 g/mol. The van der Waals surface area contributed by atoms with Gasteiger partial charge in [-0.1, -0.05) is 18.2 Å². The lowest BCUT2D eigenvalue weighted by Crippen LogP contribution is -1.98. The molecule has 0 amide bonds. The van der Waals surface area contributed by atoms with Gasteiger partial charge in [-0.15, -0.1) is 0 Å². The predicted molar refractivity (Wildman–Crippen MR) is 58.5 cm³/mol. The summed E-state index contributed by atoms with van der Waals surface area (Å²) in [5.41, 5.74) is 0.457. The average molecular weight is 236 g/mol. The van der Waals surface area contributed by atoms with Crippen LogP contribution in [0.4, 0.5) is 13.2 Å². The van der Waals surface area contributed by atoms with Crippen molar-refractivity contribution in [2.75, 3.05) is 0 Å². The smallest absolute Gasteiger partial charge is 0.268 e. The van der Waals surface area contributed by atoms with Crippen molar-refractivity contribution in [3.05, 3.63) is 42.3 Å². The van der Waals surface area contributed by atoms with E-state index in [9.17, 15) is 13.2 Å². The molecule has 0 N–H and O–H groups in total. The Labute approximate surface area is 94.3 Å². The molecule has 0 bridgehead atoms. The van der Waals surface area contributed by atoms with Crippen LogP contribution in [0.3, 0.4) is 0 Å². The third-order valence-electron chi connectivity index (χ3n) is 2.71. The lowest BCUT2D eigenvalue weighted by Gasteiger charge is -2.03. The Morgan fingerprint density at radius 2 is 1.88 bits per heavy atom. The van der Waals surface area contributed by atoms with Crippen molar-refractivity contribution in [1.29, 1.82) is 0 Å². The van der Waals surface area contributed by atoms with Crippen molar-refractivity contribution < 1.29 is 13.2 Å². The molecule has 0 saturated carbocycles. The maximum absolute atomic E-state index is 13.1. The maximum Gasteiger partial charge on any atom is 0.320 e. The van der Waals surface area contributed by atoms with Crippen molar-refractivity contribution in [2.24, 2.45) is 0 Å². The summed E-state index contributed by atoms with van der Waals surface area (Å²) in [7, 11) is 0. The van der Waals surface area contributed by atoms with Gasteiger partial charge in [-0.2, -0.15) is 8.78 Å². The van der Waals surface area contributed by atoms with E-state index in [2.05, 4.69) is 4.98 Å². The van der Waals surface area contributed by atoms with E-state index in [1.54, 1.807) is 24.3 Å². The third-order valence-corrected chi connectivity index (χ3v) is 2.71. The number of para-hydroxylation sites is 1. The number of pyridine rings is 1. The van der Waals surface area contributed by atoms with E-state index in [4.69, 9.17) is 0 Å². The first kappa shape index (κ1) is 10.1. The van der Waals surface area contributed by atoms with Gasteiger partial charge in [-0.05, 0) is 12.1 Å². The molecule has 1 aromatic carbocycles. The number of nitrogens with zero attached hydrogens (tertiary/aromatic N) is 2. The number of halogens is 3. The second kappa shape index (κ2) is 3.48. The van der Waals surface area contributed by atoms with Gasteiger partial charge in [0, 0.05) is 10.8 Å². The van der Waals surface area contributed by atoms with Gasteiger partial charge >= 0.3 is 6.55 Å². The number of hydrogen-bond acceptors (Lipinski definition) is 1. The molecule has 17 heavy (non-hydrogen) atoms. The molecule has 0 aliphatic heterocycles. The predicted octanol–water partition coefficient (Wildman–Crippen LogP) is 3.72. The Hall–Kier alpha value is -2.04. The van der Waals surface area contributed by atoms with E-state index in [0.717, 1.165) is 10.8 Å². The van der Waals surface area contributed by atoms with E-state index in [1.807, 2.05) is 0 Å². The van der Waals surface area contributed by atoms with Gasteiger partial charge in [0.15, 0.2) is 0 Å². The van der Waals surface area contributed by atoms with Crippen molar-refractivity contribution >= 4 is 21.9 Å². The van der Waals surface area contributed by atoms with Gasteiger partial charge in [0.1, 0.15) is 11.5 Å². The average Bonchev–Trinajstić information content (AvgIpc) is 2.63. The Balaban J connectivity index is 2.57. The van der Waals surface area contributed by atoms with E-state index in [0.29, 0.717) is 16.3 Å². The lowest BCUT2D eigenvalue weighted by molar-refractivity contribution is 0.0791. The minimum absolute atomic E-state index is 0.0996. The fraction of sp³-hybridized carbons (Fsp3) is 0.0833. The summed E-state index contributed by atoms with van der Waals surface area (Å²) in [4.78, 5) is 3.75. The molecule has 0 unspecified atom stereocenters. The summed E-state index contributed by atoms with van der Waals surface area (Å²) < 4.78 is 39.9. The summed E-state index contributed by atoms with van der Waals surface area (Å²) in [6.45, 7) is -2.70. The molecule has 3 aromatic rings. The number of hydrogen-bond donors (Lipinski definition) is 0. The highest BCUT2D eigenvalue weighted by Crippen LogP contribution is 2.31. The van der Waals surface area contributed by atoms with Crippen LogP contribution in [0, 0.1) is 5.82 Å². The summed E-state index contributed by atoms with van der Waals surface area (Å²) in [6.07, 6.45) is 0.945. The second-order valence-corrected chi connectivity index (χ2v) is 3.69. The quantitative estimate of drug-likeness (QED) is 0.629. The zero-order chi connectivity index (χ0) is 12.0. The van der Waals surface area contributed by atoms with Crippen molar-refractivity contribution in [2.45, 2.75) is 6.55 Å². The van der Waals surface area contributed by atoms with Crippen LogP contribution in [-0.2, 0) is 0 Å². The number of aromatic nitrogens is 2. The van der Waals surface area contributed by atoms with Crippen LogP contribution >= 0.6 is 0 Å². The van der Waals surface area contributed by atoms with Crippen LogP contribution in [0.1, 0.15) is 6.55 Å². The van der Waals surface area contributed by atoms with Crippen LogP contribution in [0.5, 0.6) is 0 Å². The zero-order valence-corrected chi connectivity index (χ0v) is 8.57. The second-order valence-electron chi connectivity index (χ2n) is 3.69. The number of rotatable bonds is 1. The number of fused-ring (bicyclic) bond motifs is 3. The molecule has 5 heteroatoms. The summed E-state index contributed by atoms with van der Waals surface area (Å²) >= 11 is 0. The summed E-state index contributed by atoms with van der Waals surface area (Å²) in [6, 6.07) is 7.86. The minimum Gasteiger partial charge on any atom is -0.268 e. The SMILES string of the molecule is Fc1cnc2c(c1)c1ccccc1n2C(F)F. The fourth-order valence-corrected chi connectivity index (χ4v) is 2.05. The highest BCUT2D eigenvalue weighted by Gasteiger charge is 2.17. The van der Waals surface area contributed by atoms with Gasteiger partial charge in [-0.3, -0.25) is 4.57 Å². The Bertz CT molecular complexity index is 703. The van der Waals surface area contributed by atoms with E-state index in [1.165, 1.54) is 6.07 Å². The number of benzene rings is 1. The highest BCUT2D eigenvalue weighted by atomic mass is 19.3. The molecule has 2 nitrogen and oxygen atoms in total. The topological polar surface area (TPSA) is 17.8 Å². The first-order valence-electron chi connectivity index (χ1n) is 5.01. The number of alkyl halides is 2. The molecular formula is C12H7F3N2. The van der Waals surface area contributed by atoms with Gasteiger partial charge in [0.25, 0.3) is 0 Å². The third kappa shape index (κ3) is 1.39. The van der Waals surface area contributed by atoms with Crippen LogP contribution < -0.4 is 0 Å². The molecule has 0 aliphatic rings. The van der Waals surface area contributed by atoms with Gasteiger partial charge in [-0.25, -0.2) is 9.37 Å². The van der Waals surface area contributed by atoms with Gasteiger partial charge < -0.3 is 0 Å². The minimum atomic E-state index is -2.70. The first-order chi connectivity index (χ1) is 8.18. The van der Waals surface area contributed by atoms with E-state index < -0.39 is 12.4 Å². The molecule has 0 saturated heterocycles. The molecule has 86 valence electrons. The van der Waals surface area contributed by atoms with Crippen LogP contribution in [0.25, 0.3) is 21.9 Å². The van der Waals surface area contributed by atoms with Gasteiger partial charge in [0.05, 0.1) is 11.7 Å². The highest BCUT2D eigenvalue weighted by molar-refractivity contribution is 6.06. The molecule has 2 aromatic heterocycles. The first-order valence-corrected chi connectivity index (χ1v) is 5.01. The zero-order valence-electron chi connectivity index (χ0n) is 8.57. The molecule has 0 atom stereocenters. The Kier molecular flexibility index (Phi) is 2.07. The van der Waals surface area contributed by atoms with Crippen molar-refractivity contribution in [3.63, 3.8) is 0 Å². The fourth-order valence-electron chi connectivity index (χ4n) is 2.05. The summed E-state index contributed by atoms with van der Waals surface area (Å²) in [5, 5.41) is 0.982. The van der Waals surface area contributed by atoms with Crippen LogP contribution in [-0.4, -0.2) is 9.55 Å². The van der Waals surface area contributed by atoms with E-state index >= 15 is 0 Å². The molecule has 0 fully saturated rings. The van der Waals surface area contributed by atoms with Crippen LogP contribution in [0.2, 0.25) is 0 Å². The monoisotopic (exact) mass is 236 g/mol. The van der Waals surface area contributed by atoms with Crippen molar-refractivity contribution in [3.8, 4) is 0 Å². The largest absolute Gasteiger partial charge is 0.320 e. The Morgan fingerprint density at radius 1 is 1.12 bits per heavy atom. The van der Waals surface area contributed by atoms with Crippen molar-refractivity contribution in [1.82, 2.24) is 9.55 Å². The molecule has 3 rings (SSSR count). The van der Waals surface area contributed by atoms with Gasteiger partial charge in [0.2, 0.25) is 0 Å². The summed E-state index contributed by atoms with van der Waals surface area (Å²) in [5.74, 6) is -0.533. The lowest BCUT2D eigenvalue weighted by atomic mass is 10.2. The Morgan fingerprint density at radius 3 is 2.65 bits per heavy atom.